The first-order valence-corrected chi connectivity index (χ1v) is 21.1. The number of carbonyl (C=O) groups excluding carboxylic acids is 4. The number of fused-ring (bicyclic) bond motifs is 2. The predicted octanol–water partition coefficient (Wildman–Crippen LogP) is 4.96. The summed E-state index contributed by atoms with van der Waals surface area (Å²) in [5.74, 6) is -7.13. The van der Waals surface area contributed by atoms with Crippen molar-refractivity contribution in [2.75, 3.05) is 39.5 Å². The second-order valence-electron chi connectivity index (χ2n) is 15.3. The Labute approximate surface area is 393 Å². The number of aromatic amines is 2. The lowest BCUT2D eigenvalue weighted by Gasteiger charge is -2.09. The van der Waals surface area contributed by atoms with Crippen molar-refractivity contribution in [2.45, 2.75) is 0 Å². The van der Waals surface area contributed by atoms with Crippen LogP contribution in [0, 0.1) is 11.6 Å². The summed E-state index contributed by atoms with van der Waals surface area (Å²) in [6.07, 6.45) is 0. The molecule has 4 aromatic heterocycles. The summed E-state index contributed by atoms with van der Waals surface area (Å²) in [4.78, 5) is 82.1. The molecule has 0 atom stereocenters. The lowest BCUT2D eigenvalue weighted by atomic mass is 10.0. The maximum absolute atomic E-state index is 14.4. The number of aromatic nitrogens is 6. The molecule has 0 saturated heterocycles. The number of nitrogens with one attached hydrogen (secondary N) is 4. The Bertz CT molecular complexity index is 3150. The summed E-state index contributed by atoms with van der Waals surface area (Å²) in [6.45, 7) is 1.25. The lowest BCUT2D eigenvalue weighted by Crippen LogP contribution is -2.28. The highest BCUT2D eigenvalue weighted by molar-refractivity contribution is 6.12. The molecule has 70 heavy (non-hydrogen) atoms. The SMILES string of the molecule is NC(=O)c1cc(-c2ccc(C(=O)O)c(F)c2)nc2n[nH]c(-c3ccc(C(=O)NCCOCCOCCNC(=O)c4ccc(-c5[nH]nc6nc(-c7ccc(C(=O)O)c(F)c7)cc(C(N)=O)c56)cc4)cc3)c12. The van der Waals surface area contributed by atoms with Gasteiger partial charge < -0.3 is 41.8 Å². The van der Waals surface area contributed by atoms with E-state index >= 15 is 0 Å². The minimum absolute atomic E-state index is 0.0423. The van der Waals surface area contributed by atoms with Crippen molar-refractivity contribution in [2.24, 2.45) is 11.5 Å². The zero-order valence-electron chi connectivity index (χ0n) is 36.3. The summed E-state index contributed by atoms with van der Waals surface area (Å²) in [5.41, 5.74) is 14.0. The van der Waals surface area contributed by atoms with Crippen LogP contribution < -0.4 is 22.1 Å². The van der Waals surface area contributed by atoms with Crippen LogP contribution in [0.2, 0.25) is 0 Å². The first-order chi connectivity index (χ1) is 33.7. The van der Waals surface area contributed by atoms with Gasteiger partial charge in [-0.2, -0.15) is 10.2 Å². The maximum atomic E-state index is 14.4. The van der Waals surface area contributed by atoms with Crippen molar-refractivity contribution in [1.82, 2.24) is 41.0 Å². The number of pyridine rings is 2. The van der Waals surface area contributed by atoms with Gasteiger partial charge in [0.15, 0.2) is 11.3 Å². The molecule has 10 N–H and O–H groups in total. The molecule has 0 radical (unpaired) electrons. The van der Waals surface area contributed by atoms with Crippen molar-refractivity contribution in [3.63, 3.8) is 0 Å². The molecule has 8 rings (SSSR count). The number of ether oxygens (including phenoxy) is 2. The average Bonchev–Trinajstić information content (AvgIpc) is 3.98. The molecule has 0 aliphatic heterocycles. The van der Waals surface area contributed by atoms with Gasteiger partial charge in [-0.1, -0.05) is 36.4 Å². The molecule has 20 nitrogen and oxygen atoms in total. The van der Waals surface area contributed by atoms with E-state index in [1.54, 1.807) is 48.5 Å². The lowest BCUT2D eigenvalue weighted by molar-refractivity contribution is 0.0486. The van der Waals surface area contributed by atoms with Crippen molar-refractivity contribution < 1.29 is 57.2 Å². The number of aromatic carboxylic acids is 2. The molecule has 4 aromatic carbocycles. The summed E-state index contributed by atoms with van der Waals surface area (Å²) >= 11 is 0. The van der Waals surface area contributed by atoms with Gasteiger partial charge in [0, 0.05) is 46.5 Å². The molecule has 0 fully saturated rings. The predicted molar refractivity (Wildman–Crippen MR) is 247 cm³/mol. The minimum atomic E-state index is -1.43. The summed E-state index contributed by atoms with van der Waals surface area (Å²) in [7, 11) is 0. The van der Waals surface area contributed by atoms with Gasteiger partial charge in [-0.15, -0.1) is 0 Å². The number of halogens is 2. The molecule has 4 amide bonds. The number of carboxylic acid groups (broad SMARTS) is 2. The fourth-order valence-corrected chi connectivity index (χ4v) is 7.42. The second-order valence-corrected chi connectivity index (χ2v) is 15.3. The number of nitrogens with two attached hydrogens (primary N) is 2. The highest BCUT2D eigenvalue weighted by Gasteiger charge is 2.23. The van der Waals surface area contributed by atoms with Crippen molar-refractivity contribution in [3.8, 4) is 45.0 Å². The van der Waals surface area contributed by atoms with Gasteiger partial charge in [0.1, 0.15) is 11.6 Å². The third-order valence-electron chi connectivity index (χ3n) is 10.9. The van der Waals surface area contributed by atoms with Crippen LogP contribution in [0.1, 0.15) is 62.1 Å². The normalized spacial score (nSPS) is 11.2. The van der Waals surface area contributed by atoms with E-state index in [-0.39, 0.29) is 96.3 Å². The number of benzene rings is 4. The van der Waals surface area contributed by atoms with E-state index in [0.29, 0.717) is 44.4 Å². The standard InChI is InChI=1S/C48H38F2N10O10/c49-33-19-27(9-11-29(33)47(65)66)35-21-31(41(51)61)37-39(57-59-43(37)55-35)23-1-5-25(6-2-23)45(63)53-13-15-69-17-18-70-16-14-54-46(64)26-7-3-24(4-8-26)40-38-32(42(52)62)22-36(56-44(38)60-58-40)28-10-12-30(48(67)68)34(50)20-28/h1-12,19-22H,13-18H2,(H2,51,61)(H2,52,62)(H,53,63)(H,54,64)(H,65,66)(H,67,68)(H,55,57,59)(H,56,58,60). The molecular formula is C48H38F2N10O10. The molecule has 0 aliphatic rings. The fourth-order valence-electron chi connectivity index (χ4n) is 7.42. The minimum Gasteiger partial charge on any atom is -0.478 e. The monoisotopic (exact) mass is 952 g/mol. The van der Waals surface area contributed by atoms with Crippen LogP contribution in [-0.2, 0) is 9.47 Å². The third-order valence-corrected chi connectivity index (χ3v) is 10.9. The Morgan fingerprint density at radius 1 is 0.514 bits per heavy atom. The zero-order valence-corrected chi connectivity index (χ0v) is 36.3. The number of carbonyl (C=O) groups is 6. The highest BCUT2D eigenvalue weighted by atomic mass is 19.1. The Morgan fingerprint density at radius 3 is 1.23 bits per heavy atom. The smallest absolute Gasteiger partial charge is 0.338 e. The molecular weight excluding hydrogens is 915 g/mol. The van der Waals surface area contributed by atoms with E-state index in [9.17, 15) is 37.5 Å². The molecule has 0 bridgehead atoms. The summed E-state index contributed by atoms with van der Waals surface area (Å²) in [6, 6.07) is 22.6. The van der Waals surface area contributed by atoms with Crippen LogP contribution in [0.4, 0.5) is 8.78 Å². The zero-order chi connectivity index (χ0) is 49.6. The summed E-state index contributed by atoms with van der Waals surface area (Å²) in [5, 5.41) is 38.6. The number of hydrogen-bond acceptors (Lipinski definition) is 12. The van der Waals surface area contributed by atoms with E-state index in [0.717, 1.165) is 24.3 Å². The number of H-pyrrole nitrogens is 2. The molecule has 4 heterocycles. The molecule has 0 saturated carbocycles. The molecule has 354 valence electrons. The quantitative estimate of drug-likeness (QED) is 0.0497. The van der Waals surface area contributed by atoms with Crippen LogP contribution >= 0.6 is 0 Å². The maximum Gasteiger partial charge on any atom is 0.338 e. The van der Waals surface area contributed by atoms with Crippen LogP contribution in [0.25, 0.3) is 67.1 Å². The Balaban J connectivity index is 0.762. The van der Waals surface area contributed by atoms with Gasteiger partial charge in [0.2, 0.25) is 11.8 Å². The number of hydrogen-bond donors (Lipinski definition) is 8. The van der Waals surface area contributed by atoms with E-state index in [1.165, 1.54) is 24.3 Å². The molecule has 8 aromatic rings. The van der Waals surface area contributed by atoms with Gasteiger partial charge in [0.25, 0.3) is 11.8 Å². The van der Waals surface area contributed by atoms with Crippen LogP contribution in [0.15, 0.2) is 97.1 Å². The largest absolute Gasteiger partial charge is 0.478 e. The number of primary amides is 2. The highest BCUT2D eigenvalue weighted by Crippen LogP contribution is 2.34. The van der Waals surface area contributed by atoms with Gasteiger partial charge in [0.05, 0.1) is 82.2 Å². The van der Waals surface area contributed by atoms with E-state index in [1.807, 2.05) is 0 Å². The second kappa shape index (κ2) is 20.3. The number of amides is 4. The first kappa shape index (κ1) is 47.2. The Kier molecular flexibility index (Phi) is 13.7. The van der Waals surface area contributed by atoms with Gasteiger partial charge in [-0.05, 0) is 60.7 Å². The van der Waals surface area contributed by atoms with Gasteiger partial charge >= 0.3 is 11.9 Å². The molecule has 22 heteroatoms. The Hall–Kier alpha value is -9.28. The molecule has 0 aliphatic carbocycles. The topological polar surface area (TPSA) is 321 Å². The number of carboxylic acids is 2. The number of nitrogens with zero attached hydrogens (tertiary/aromatic N) is 4. The fraction of sp³-hybridized carbons (Fsp3) is 0.125. The van der Waals surface area contributed by atoms with Crippen LogP contribution in [0.3, 0.4) is 0 Å². The van der Waals surface area contributed by atoms with Crippen molar-refractivity contribution >= 4 is 57.6 Å². The van der Waals surface area contributed by atoms with Crippen molar-refractivity contribution in [3.05, 3.63) is 142 Å². The molecule has 0 unspecified atom stereocenters. The average molecular weight is 953 g/mol. The first-order valence-electron chi connectivity index (χ1n) is 21.1. The van der Waals surface area contributed by atoms with E-state index < -0.39 is 46.5 Å². The van der Waals surface area contributed by atoms with Crippen LogP contribution in [-0.4, -0.2) is 116 Å². The molecule has 0 spiro atoms. The number of rotatable bonds is 19. The van der Waals surface area contributed by atoms with E-state index in [2.05, 4.69) is 41.0 Å². The third kappa shape index (κ3) is 10.0. The Morgan fingerprint density at radius 2 is 0.886 bits per heavy atom. The van der Waals surface area contributed by atoms with Crippen molar-refractivity contribution in [1.29, 1.82) is 0 Å². The summed E-state index contributed by atoms with van der Waals surface area (Å²) < 4.78 is 40.0. The van der Waals surface area contributed by atoms with E-state index in [4.69, 9.17) is 31.2 Å². The van der Waals surface area contributed by atoms with Gasteiger partial charge in [-0.25, -0.2) is 28.3 Å². The van der Waals surface area contributed by atoms with Gasteiger partial charge in [-0.3, -0.25) is 29.4 Å². The van der Waals surface area contributed by atoms with Crippen LogP contribution in [0.5, 0.6) is 0 Å².